The van der Waals surface area contributed by atoms with E-state index in [9.17, 15) is 40.7 Å². The molecule has 1 N–H and O–H groups in total. The summed E-state index contributed by atoms with van der Waals surface area (Å²) in [5.41, 5.74) is -0.528. The number of halogens is 5. The van der Waals surface area contributed by atoms with E-state index in [0.29, 0.717) is 24.5 Å². The lowest BCUT2D eigenvalue weighted by Gasteiger charge is -2.36. The average Bonchev–Trinajstić information content (AvgIpc) is 3.02. The molecular formula is C32H29ClF4N2O6S. The van der Waals surface area contributed by atoms with E-state index in [1.165, 1.54) is 42.5 Å². The zero-order chi connectivity index (χ0) is 33.2. The van der Waals surface area contributed by atoms with Gasteiger partial charge in [-0.05, 0) is 73.4 Å². The number of sulfonamides is 1. The summed E-state index contributed by atoms with van der Waals surface area (Å²) in [6.45, 7) is 0.273. The standard InChI is InChI=1S/C32H29ClF4N2O6S/c33-26-5-2-6-27(34)25(26)10-7-20-8-11-29-28(17-20)39(46(43,44)24-4-1-3-22(18-24)32(35,36)37)19-23(45-29)9-12-30(40)38-15-13-21(14-16-38)31(41)42/h1-8,10-11,17-18,21,23H,9,12-16,19H2,(H,41,42)/b10-7+/t23-/m0/s1. The Balaban J connectivity index is 1.43. The number of carbonyl (C=O) groups excluding carboxylic acids is 1. The Labute approximate surface area is 267 Å². The van der Waals surface area contributed by atoms with Crippen LogP contribution in [0.1, 0.15) is 42.4 Å². The molecule has 0 aliphatic carbocycles. The number of carboxylic acid groups (broad SMARTS) is 1. The molecule has 46 heavy (non-hydrogen) atoms. The Morgan fingerprint density at radius 3 is 2.41 bits per heavy atom. The number of carboxylic acids is 1. The zero-order valence-electron chi connectivity index (χ0n) is 24.2. The van der Waals surface area contributed by atoms with Gasteiger partial charge in [-0.3, -0.25) is 13.9 Å². The number of hydrogen-bond acceptors (Lipinski definition) is 5. The summed E-state index contributed by atoms with van der Waals surface area (Å²) < 4.78 is 89.7. The molecule has 2 aliphatic rings. The molecule has 0 aromatic heterocycles. The maximum absolute atomic E-state index is 14.3. The SMILES string of the molecule is O=C(O)C1CCN(C(=O)CC[C@H]2CN(S(=O)(=O)c3cccc(C(F)(F)F)c3)c3cc(/C=C/c4c(F)cccc4Cl)ccc3O2)CC1. The van der Waals surface area contributed by atoms with E-state index in [2.05, 4.69) is 0 Å². The van der Waals surface area contributed by atoms with Crippen molar-refractivity contribution in [3.63, 3.8) is 0 Å². The largest absolute Gasteiger partial charge is 0.486 e. The van der Waals surface area contributed by atoms with E-state index in [1.54, 1.807) is 11.0 Å². The number of anilines is 1. The Morgan fingerprint density at radius 2 is 1.74 bits per heavy atom. The first kappa shape index (κ1) is 33.3. The molecule has 5 rings (SSSR count). The lowest BCUT2D eigenvalue weighted by molar-refractivity contribution is -0.145. The van der Waals surface area contributed by atoms with Crippen molar-refractivity contribution in [3.8, 4) is 5.75 Å². The fourth-order valence-corrected chi connectivity index (χ4v) is 7.21. The van der Waals surface area contributed by atoms with Crippen LogP contribution in [-0.2, 0) is 25.8 Å². The summed E-state index contributed by atoms with van der Waals surface area (Å²) in [4.78, 5) is 25.1. The number of aliphatic carboxylic acids is 1. The molecule has 244 valence electrons. The Hall–Kier alpha value is -4.10. The fraction of sp³-hybridized carbons (Fsp3) is 0.312. The van der Waals surface area contributed by atoms with Crippen molar-refractivity contribution in [1.29, 1.82) is 0 Å². The molecule has 0 saturated carbocycles. The van der Waals surface area contributed by atoms with E-state index in [-0.39, 0.29) is 60.4 Å². The van der Waals surface area contributed by atoms with Crippen molar-refractivity contribution in [2.24, 2.45) is 5.92 Å². The highest BCUT2D eigenvalue weighted by atomic mass is 35.5. The normalized spacial score (nSPS) is 17.5. The van der Waals surface area contributed by atoms with Gasteiger partial charge in [0.05, 0.1) is 33.6 Å². The van der Waals surface area contributed by atoms with Crippen LogP contribution >= 0.6 is 11.6 Å². The lowest BCUT2D eigenvalue weighted by Crippen LogP contribution is -2.45. The molecule has 0 bridgehead atoms. The first-order valence-corrected chi connectivity index (χ1v) is 16.2. The van der Waals surface area contributed by atoms with Crippen LogP contribution in [0.5, 0.6) is 5.75 Å². The molecule has 1 amide bonds. The van der Waals surface area contributed by atoms with E-state index >= 15 is 0 Å². The molecule has 3 aromatic carbocycles. The maximum Gasteiger partial charge on any atom is 0.416 e. The molecule has 8 nitrogen and oxygen atoms in total. The van der Waals surface area contributed by atoms with Gasteiger partial charge in [-0.1, -0.05) is 35.9 Å². The van der Waals surface area contributed by atoms with E-state index in [0.717, 1.165) is 22.5 Å². The van der Waals surface area contributed by atoms with Crippen molar-refractivity contribution >= 4 is 51.3 Å². The number of alkyl halides is 3. The minimum Gasteiger partial charge on any atom is -0.486 e. The predicted octanol–water partition coefficient (Wildman–Crippen LogP) is 6.73. The van der Waals surface area contributed by atoms with Crippen molar-refractivity contribution in [2.75, 3.05) is 23.9 Å². The quantitative estimate of drug-likeness (QED) is 0.209. The topological polar surface area (TPSA) is 104 Å². The van der Waals surface area contributed by atoms with Gasteiger partial charge in [-0.2, -0.15) is 13.2 Å². The van der Waals surface area contributed by atoms with Crippen LogP contribution in [0.2, 0.25) is 5.02 Å². The number of likely N-dealkylation sites (tertiary alicyclic amines) is 1. The highest BCUT2D eigenvalue weighted by Crippen LogP contribution is 2.40. The van der Waals surface area contributed by atoms with Crippen molar-refractivity contribution < 1.29 is 45.4 Å². The number of carbonyl (C=O) groups is 2. The average molecular weight is 681 g/mol. The van der Waals surface area contributed by atoms with Gasteiger partial charge < -0.3 is 14.7 Å². The summed E-state index contributed by atoms with van der Waals surface area (Å²) in [6.07, 6.45) is -1.93. The van der Waals surface area contributed by atoms with Crippen molar-refractivity contribution in [3.05, 3.63) is 88.2 Å². The Morgan fingerprint density at radius 1 is 1.02 bits per heavy atom. The second-order valence-electron chi connectivity index (χ2n) is 11.0. The molecule has 0 radical (unpaired) electrons. The molecule has 1 fully saturated rings. The first-order valence-electron chi connectivity index (χ1n) is 14.4. The third-order valence-electron chi connectivity index (χ3n) is 7.98. The van der Waals surface area contributed by atoms with Crippen LogP contribution in [0.25, 0.3) is 12.2 Å². The van der Waals surface area contributed by atoms with Crippen molar-refractivity contribution in [2.45, 2.75) is 42.9 Å². The monoisotopic (exact) mass is 680 g/mol. The maximum atomic E-state index is 14.3. The second kappa shape index (κ2) is 13.3. The summed E-state index contributed by atoms with van der Waals surface area (Å²) in [5.74, 6) is -2.10. The fourth-order valence-electron chi connectivity index (χ4n) is 5.44. The number of hydrogen-bond donors (Lipinski definition) is 1. The van der Waals surface area contributed by atoms with Crippen LogP contribution in [0.3, 0.4) is 0 Å². The van der Waals surface area contributed by atoms with Gasteiger partial charge in [0.15, 0.2) is 0 Å². The van der Waals surface area contributed by atoms with E-state index in [4.69, 9.17) is 16.3 Å². The van der Waals surface area contributed by atoms with Gasteiger partial charge in [0.2, 0.25) is 5.91 Å². The molecular weight excluding hydrogens is 652 g/mol. The molecule has 1 atom stereocenters. The third-order valence-corrected chi connectivity index (χ3v) is 10.1. The minimum atomic E-state index is -4.78. The first-order chi connectivity index (χ1) is 21.7. The van der Waals surface area contributed by atoms with E-state index < -0.39 is 50.5 Å². The minimum absolute atomic E-state index is 0.0145. The Kier molecular flexibility index (Phi) is 9.64. The number of amides is 1. The summed E-state index contributed by atoms with van der Waals surface area (Å²) in [6, 6.07) is 12.2. The van der Waals surface area contributed by atoms with Crippen LogP contribution in [-0.4, -0.2) is 56.0 Å². The molecule has 3 aromatic rings. The van der Waals surface area contributed by atoms with Gasteiger partial charge in [0.25, 0.3) is 10.0 Å². The molecule has 1 saturated heterocycles. The number of ether oxygens (including phenoxy) is 1. The smallest absolute Gasteiger partial charge is 0.416 e. The summed E-state index contributed by atoms with van der Waals surface area (Å²) in [7, 11) is -4.56. The van der Waals surface area contributed by atoms with E-state index in [1.807, 2.05) is 0 Å². The summed E-state index contributed by atoms with van der Waals surface area (Å²) >= 11 is 6.11. The van der Waals surface area contributed by atoms with Gasteiger partial charge in [-0.25, -0.2) is 12.8 Å². The third kappa shape index (κ3) is 7.31. The van der Waals surface area contributed by atoms with Crippen LogP contribution in [0.15, 0.2) is 65.6 Å². The summed E-state index contributed by atoms with van der Waals surface area (Å²) in [5, 5.41) is 9.37. The van der Waals surface area contributed by atoms with Gasteiger partial charge in [0, 0.05) is 25.1 Å². The number of piperidine rings is 1. The Bertz CT molecular complexity index is 1750. The molecule has 2 aliphatic heterocycles. The van der Waals surface area contributed by atoms with Crippen molar-refractivity contribution in [1.82, 2.24) is 4.90 Å². The molecule has 0 spiro atoms. The molecule has 2 heterocycles. The van der Waals surface area contributed by atoms with Crippen LogP contribution < -0.4 is 9.04 Å². The number of fused-ring (bicyclic) bond motifs is 1. The molecule has 14 heteroatoms. The highest BCUT2D eigenvalue weighted by Gasteiger charge is 2.37. The predicted molar refractivity (Wildman–Crippen MR) is 163 cm³/mol. The number of rotatable bonds is 8. The highest BCUT2D eigenvalue weighted by molar-refractivity contribution is 7.92. The van der Waals surface area contributed by atoms with Gasteiger partial charge in [0.1, 0.15) is 17.7 Å². The lowest BCUT2D eigenvalue weighted by atomic mass is 9.97. The van der Waals surface area contributed by atoms with Crippen LogP contribution in [0, 0.1) is 11.7 Å². The van der Waals surface area contributed by atoms with Gasteiger partial charge in [-0.15, -0.1) is 0 Å². The number of nitrogens with zero attached hydrogens (tertiary/aromatic N) is 2. The van der Waals surface area contributed by atoms with Crippen LogP contribution in [0.4, 0.5) is 23.2 Å². The second-order valence-corrected chi connectivity index (χ2v) is 13.3. The zero-order valence-corrected chi connectivity index (χ0v) is 25.8. The van der Waals surface area contributed by atoms with Gasteiger partial charge >= 0.3 is 12.1 Å². The number of benzene rings is 3. The molecule has 0 unspecified atom stereocenters.